The number of H-pyrrole nitrogens is 1. The Morgan fingerprint density at radius 1 is 1.15 bits per heavy atom. The molecule has 6 nitrogen and oxygen atoms in total. The first kappa shape index (κ1) is 17.8. The molecule has 0 aliphatic heterocycles. The summed E-state index contributed by atoms with van der Waals surface area (Å²) < 4.78 is 0. The fraction of sp³-hybridized carbons (Fsp3) is 0.211. The number of aromatic amines is 1. The molecule has 0 spiro atoms. The first-order chi connectivity index (χ1) is 13.1. The van der Waals surface area contributed by atoms with E-state index in [1.165, 1.54) is 12.8 Å². The molecule has 1 heterocycles. The van der Waals surface area contributed by atoms with Crippen LogP contribution in [-0.4, -0.2) is 21.2 Å². The van der Waals surface area contributed by atoms with E-state index in [-0.39, 0.29) is 6.03 Å². The highest BCUT2D eigenvalue weighted by Gasteiger charge is 2.27. The third-order valence-corrected chi connectivity index (χ3v) is 4.91. The second-order valence-corrected chi connectivity index (χ2v) is 7.28. The summed E-state index contributed by atoms with van der Waals surface area (Å²) in [6, 6.07) is 12.2. The number of anilines is 1. The quantitative estimate of drug-likeness (QED) is 0.563. The van der Waals surface area contributed by atoms with Crippen molar-refractivity contribution in [2.45, 2.75) is 25.3 Å². The van der Waals surface area contributed by atoms with E-state index in [2.05, 4.69) is 25.8 Å². The van der Waals surface area contributed by atoms with Crippen molar-refractivity contribution in [2.75, 3.05) is 5.32 Å². The molecule has 0 atom stereocenters. The van der Waals surface area contributed by atoms with Crippen molar-refractivity contribution in [3.63, 3.8) is 0 Å². The summed E-state index contributed by atoms with van der Waals surface area (Å²) in [6.45, 7) is 0.307. The molecule has 1 aromatic heterocycles. The predicted molar refractivity (Wildman–Crippen MR) is 106 cm³/mol. The minimum absolute atomic E-state index is 0.307. The van der Waals surface area contributed by atoms with Crippen molar-refractivity contribution in [3.8, 4) is 11.4 Å². The molecule has 0 bridgehead atoms. The van der Waals surface area contributed by atoms with Crippen molar-refractivity contribution in [1.82, 2.24) is 20.5 Å². The molecule has 1 fully saturated rings. The molecule has 0 radical (unpaired) electrons. The van der Waals surface area contributed by atoms with Crippen LogP contribution in [0.1, 0.15) is 30.1 Å². The van der Waals surface area contributed by atoms with Gasteiger partial charge in [0.25, 0.3) is 0 Å². The lowest BCUT2D eigenvalue weighted by atomic mass is 10.2. The third kappa shape index (κ3) is 4.40. The third-order valence-electron chi connectivity index (χ3n) is 4.32. The fourth-order valence-corrected chi connectivity index (χ4v) is 3.14. The molecular formula is C19H17Cl2N5O. The zero-order valence-electron chi connectivity index (χ0n) is 14.3. The number of carbonyl (C=O) groups excluding carboxylic acids is 1. The van der Waals surface area contributed by atoms with Gasteiger partial charge in [0.2, 0.25) is 0 Å². The van der Waals surface area contributed by atoms with Gasteiger partial charge >= 0.3 is 6.03 Å². The SMILES string of the molecule is O=C(NCc1ccc(Cl)cc1Cl)Nc1ccc(-c2n[nH]c(C3CC3)n2)cc1. The average Bonchev–Trinajstić information content (AvgIpc) is 3.39. The van der Waals surface area contributed by atoms with Gasteiger partial charge in [0.15, 0.2) is 5.82 Å². The molecule has 1 saturated carbocycles. The van der Waals surface area contributed by atoms with Crippen LogP contribution < -0.4 is 10.6 Å². The molecule has 3 aromatic rings. The highest BCUT2D eigenvalue weighted by molar-refractivity contribution is 6.35. The van der Waals surface area contributed by atoms with Crippen LogP contribution in [0.2, 0.25) is 10.0 Å². The minimum atomic E-state index is -0.317. The highest BCUT2D eigenvalue weighted by atomic mass is 35.5. The van der Waals surface area contributed by atoms with Gasteiger partial charge in [-0.15, -0.1) is 0 Å². The molecule has 0 unspecified atom stereocenters. The van der Waals surface area contributed by atoms with Crippen molar-refractivity contribution in [1.29, 1.82) is 0 Å². The predicted octanol–water partition coefficient (Wildman–Crippen LogP) is 4.98. The number of rotatable bonds is 5. The van der Waals surface area contributed by atoms with Gasteiger partial charge in [-0.3, -0.25) is 5.10 Å². The van der Waals surface area contributed by atoms with Crippen molar-refractivity contribution >= 4 is 34.9 Å². The van der Waals surface area contributed by atoms with Gasteiger partial charge in [0.05, 0.1) is 0 Å². The smallest absolute Gasteiger partial charge is 0.319 e. The van der Waals surface area contributed by atoms with Crippen LogP contribution in [0.5, 0.6) is 0 Å². The summed E-state index contributed by atoms with van der Waals surface area (Å²) >= 11 is 12.0. The minimum Gasteiger partial charge on any atom is -0.334 e. The largest absolute Gasteiger partial charge is 0.334 e. The molecule has 0 saturated heterocycles. The van der Waals surface area contributed by atoms with Crippen molar-refractivity contribution in [3.05, 3.63) is 63.9 Å². The maximum absolute atomic E-state index is 12.1. The summed E-state index contributed by atoms with van der Waals surface area (Å²) in [5.74, 6) is 2.16. The zero-order chi connectivity index (χ0) is 18.8. The lowest BCUT2D eigenvalue weighted by Gasteiger charge is -2.09. The number of halogens is 2. The van der Waals surface area contributed by atoms with E-state index in [1.54, 1.807) is 18.2 Å². The van der Waals surface area contributed by atoms with E-state index < -0.39 is 0 Å². The number of hydrogen-bond acceptors (Lipinski definition) is 3. The van der Waals surface area contributed by atoms with E-state index >= 15 is 0 Å². The van der Waals surface area contributed by atoms with Gasteiger partial charge in [0, 0.05) is 33.8 Å². The number of hydrogen-bond donors (Lipinski definition) is 3. The maximum Gasteiger partial charge on any atom is 0.319 e. The number of amides is 2. The van der Waals surface area contributed by atoms with Gasteiger partial charge < -0.3 is 10.6 Å². The summed E-state index contributed by atoms with van der Waals surface area (Å²) in [4.78, 5) is 16.6. The van der Waals surface area contributed by atoms with Gasteiger partial charge in [-0.1, -0.05) is 29.3 Å². The van der Waals surface area contributed by atoms with Crippen molar-refractivity contribution < 1.29 is 4.79 Å². The summed E-state index contributed by atoms with van der Waals surface area (Å²) in [7, 11) is 0. The van der Waals surface area contributed by atoms with E-state index in [9.17, 15) is 4.79 Å². The monoisotopic (exact) mass is 401 g/mol. The Bertz CT molecular complexity index is 966. The first-order valence-electron chi connectivity index (χ1n) is 8.60. The van der Waals surface area contributed by atoms with E-state index in [0.717, 1.165) is 17.0 Å². The Morgan fingerprint density at radius 3 is 2.63 bits per heavy atom. The number of carbonyl (C=O) groups is 1. The second kappa shape index (κ2) is 7.58. The Labute approximate surface area is 166 Å². The first-order valence-corrected chi connectivity index (χ1v) is 9.35. The summed E-state index contributed by atoms with van der Waals surface area (Å²) in [5, 5.41) is 13.9. The van der Waals surface area contributed by atoms with Crippen LogP contribution in [0.3, 0.4) is 0 Å². The highest BCUT2D eigenvalue weighted by Crippen LogP contribution is 2.38. The number of nitrogens with one attached hydrogen (secondary N) is 3. The molecule has 138 valence electrons. The number of urea groups is 1. The van der Waals surface area contributed by atoms with Crippen LogP contribution >= 0.6 is 23.2 Å². The topological polar surface area (TPSA) is 82.7 Å². The number of aromatic nitrogens is 3. The molecule has 2 amide bonds. The lowest BCUT2D eigenvalue weighted by Crippen LogP contribution is -2.28. The van der Waals surface area contributed by atoms with E-state index in [4.69, 9.17) is 23.2 Å². The number of nitrogens with zero attached hydrogens (tertiary/aromatic N) is 2. The van der Waals surface area contributed by atoms with Crippen LogP contribution in [0.25, 0.3) is 11.4 Å². The Hall–Kier alpha value is -2.57. The van der Waals surface area contributed by atoms with Gasteiger partial charge in [0.1, 0.15) is 5.82 Å². The second-order valence-electron chi connectivity index (χ2n) is 6.44. The van der Waals surface area contributed by atoms with E-state index in [1.807, 2.05) is 24.3 Å². The fourth-order valence-electron chi connectivity index (χ4n) is 2.66. The average molecular weight is 402 g/mol. The molecule has 2 aromatic carbocycles. The Balaban J connectivity index is 1.34. The number of benzene rings is 2. The van der Waals surface area contributed by atoms with Crippen molar-refractivity contribution in [2.24, 2.45) is 0 Å². The summed E-state index contributed by atoms with van der Waals surface area (Å²) in [6.07, 6.45) is 2.35. The summed E-state index contributed by atoms with van der Waals surface area (Å²) in [5.41, 5.74) is 2.37. The van der Waals surface area contributed by atoms with Gasteiger partial charge in [-0.05, 0) is 54.8 Å². The molecule has 1 aliphatic rings. The molecular weight excluding hydrogens is 385 g/mol. The standard InChI is InChI=1S/C19H17Cl2N5O/c20-14-6-3-13(16(21)9-14)10-22-19(27)23-15-7-4-12(5-8-15)18-24-17(25-26-18)11-1-2-11/h3-9,11H,1-2,10H2,(H2,22,23,27)(H,24,25,26). The van der Waals surface area contributed by atoms with Crippen LogP contribution in [-0.2, 0) is 6.54 Å². The zero-order valence-corrected chi connectivity index (χ0v) is 15.8. The Kier molecular flexibility index (Phi) is 5.01. The molecule has 8 heteroatoms. The maximum atomic E-state index is 12.1. The lowest BCUT2D eigenvalue weighted by molar-refractivity contribution is 0.251. The van der Waals surface area contributed by atoms with E-state index in [0.29, 0.717) is 34.0 Å². The molecule has 3 N–H and O–H groups in total. The van der Waals surface area contributed by atoms with Crippen LogP contribution in [0.15, 0.2) is 42.5 Å². The van der Waals surface area contributed by atoms with Gasteiger partial charge in [-0.2, -0.15) is 5.10 Å². The molecule has 1 aliphatic carbocycles. The van der Waals surface area contributed by atoms with Crippen LogP contribution in [0, 0.1) is 0 Å². The van der Waals surface area contributed by atoms with Gasteiger partial charge in [-0.25, -0.2) is 9.78 Å². The Morgan fingerprint density at radius 2 is 1.93 bits per heavy atom. The van der Waals surface area contributed by atoms with Crippen LogP contribution in [0.4, 0.5) is 10.5 Å². The molecule has 27 heavy (non-hydrogen) atoms. The normalized spacial score (nSPS) is 13.4. The molecule has 4 rings (SSSR count).